The van der Waals surface area contributed by atoms with Gasteiger partial charge in [0, 0.05) is 53.8 Å². The summed E-state index contributed by atoms with van der Waals surface area (Å²) in [6, 6.07) is 11.4. The van der Waals surface area contributed by atoms with Gasteiger partial charge in [-0.25, -0.2) is 9.50 Å². The molecule has 1 fully saturated rings. The van der Waals surface area contributed by atoms with Crippen LogP contribution in [-0.2, 0) is 19.3 Å². The van der Waals surface area contributed by atoms with E-state index in [0.717, 1.165) is 49.3 Å². The molecule has 0 N–H and O–H groups in total. The number of hydrogen-bond acceptors (Lipinski definition) is 5. The van der Waals surface area contributed by atoms with Crippen LogP contribution in [0.1, 0.15) is 29.9 Å². The lowest BCUT2D eigenvalue weighted by molar-refractivity contribution is 0.267. The van der Waals surface area contributed by atoms with Crippen molar-refractivity contribution in [3.05, 3.63) is 53.5 Å². The minimum Gasteiger partial charge on any atom is -0.461 e. The van der Waals surface area contributed by atoms with E-state index in [9.17, 15) is 0 Å². The summed E-state index contributed by atoms with van der Waals surface area (Å²) in [7, 11) is 4.36. The standard InChI is InChI=1S/C25H29N5O/c1-28(2)19-9-12-29(16-19)13-10-20-15-18-14-17(6-7-23(18)31-20)25-21-4-3-5-22(21)27-24-8-11-26-30(24)25/h6-8,11,14-15,19H,3-5,9-10,12-13,16H2,1-2H3/t19-/m1/s1. The highest BCUT2D eigenvalue weighted by molar-refractivity contribution is 5.84. The third-order valence-electron chi connectivity index (χ3n) is 7.05. The Kier molecular flexibility index (Phi) is 4.58. The Balaban J connectivity index is 1.28. The first-order valence-corrected chi connectivity index (χ1v) is 11.4. The van der Waals surface area contributed by atoms with Crippen molar-refractivity contribution in [2.24, 2.45) is 0 Å². The normalized spacial score (nSPS) is 19.3. The molecule has 4 aromatic rings. The second kappa shape index (κ2) is 7.46. The molecule has 0 amide bonds. The number of hydrogen-bond donors (Lipinski definition) is 0. The Bertz CT molecular complexity index is 1250. The van der Waals surface area contributed by atoms with E-state index in [2.05, 4.69) is 53.3 Å². The van der Waals surface area contributed by atoms with E-state index < -0.39 is 0 Å². The van der Waals surface area contributed by atoms with Gasteiger partial charge in [0.2, 0.25) is 0 Å². The first-order chi connectivity index (χ1) is 15.2. The van der Waals surface area contributed by atoms with E-state index in [1.54, 1.807) is 0 Å². The van der Waals surface area contributed by atoms with Crippen molar-refractivity contribution in [2.75, 3.05) is 33.7 Å². The van der Waals surface area contributed by atoms with E-state index in [4.69, 9.17) is 9.40 Å². The van der Waals surface area contributed by atoms with E-state index >= 15 is 0 Å². The van der Waals surface area contributed by atoms with Gasteiger partial charge in [0.15, 0.2) is 5.65 Å². The molecule has 31 heavy (non-hydrogen) atoms. The van der Waals surface area contributed by atoms with Crippen LogP contribution in [0, 0.1) is 0 Å². The Morgan fingerprint density at radius 2 is 2.10 bits per heavy atom. The highest BCUT2D eigenvalue weighted by atomic mass is 16.3. The molecular weight excluding hydrogens is 386 g/mol. The van der Waals surface area contributed by atoms with Gasteiger partial charge in [0.25, 0.3) is 0 Å². The zero-order valence-electron chi connectivity index (χ0n) is 18.3. The second-order valence-corrected chi connectivity index (χ2v) is 9.26. The van der Waals surface area contributed by atoms with E-state index in [-0.39, 0.29) is 0 Å². The summed E-state index contributed by atoms with van der Waals surface area (Å²) in [5.41, 5.74) is 6.88. The first-order valence-electron chi connectivity index (χ1n) is 11.4. The van der Waals surface area contributed by atoms with E-state index in [1.807, 2.05) is 16.8 Å². The number of likely N-dealkylation sites (N-methyl/N-ethyl adjacent to an activating group) is 1. The average molecular weight is 416 g/mol. The third-order valence-corrected chi connectivity index (χ3v) is 7.05. The topological polar surface area (TPSA) is 49.8 Å². The maximum atomic E-state index is 6.19. The summed E-state index contributed by atoms with van der Waals surface area (Å²) in [4.78, 5) is 9.72. The number of benzene rings is 1. The highest BCUT2D eigenvalue weighted by Crippen LogP contribution is 2.34. The van der Waals surface area contributed by atoms with Crippen LogP contribution in [0.3, 0.4) is 0 Å². The lowest BCUT2D eigenvalue weighted by atomic mass is 10.0. The summed E-state index contributed by atoms with van der Waals surface area (Å²) >= 11 is 0. The fourth-order valence-corrected chi connectivity index (χ4v) is 5.30. The third kappa shape index (κ3) is 3.34. The maximum Gasteiger partial charge on any atom is 0.155 e. The van der Waals surface area contributed by atoms with Gasteiger partial charge in [-0.1, -0.05) is 0 Å². The van der Waals surface area contributed by atoms with Crippen molar-refractivity contribution in [1.29, 1.82) is 0 Å². The van der Waals surface area contributed by atoms with Gasteiger partial charge in [-0.3, -0.25) is 0 Å². The molecule has 1 atom stereocenters. The zero-order chi connectivity index (χ0) is 20.9. The van der Waals surface area contributed by atoms with Gasteiger partial charge in [-0.2, -0.15) is 5.10 Å². The molecular formula is C25H29N5O. The van der Waals surface area contributed by atoms with Crippen LogP contribution in [0.15, 0.2) is 40.9 Å². The lowest BCUT2D eigenvalue weighted by Crippen LogP contribution is -2.32. The minimum atomic E-state index is 0.680. The summed E-state index contributed by atoms with van der Waals surface area (Å²) in [6.07, 6.45) is 7.37. The number of aryl methyl sites for hydroxylation is 1. The summed E-state index contributed by atoms with van der Waals surface area (Å²) in [5.74, 6) is 1.07. The molecule has 2 aliphatic rings. The van der Waals surface area contributed by atoms with Crippen LogP contribution < -0.4 is 0 Å². The molecule has 4 heterocycles. The number of likely N-dealkylation sites (tertiary alicyclic amines) is 1. The molecule has 0 radical (unpaired) electrons. The van der Waals surface area contributed by atoms with Gasteiger partial charge < -0.3 is 14.2 Å². The predicted molar refractivity (Wildman–Crippen MR) is 122 cm³/mol. The molecule has 0 bridgehead atoms. The quantitative estimate of drug-likeness (QED) is 0.496. The van der Waals surface area contributed by atoms with E-state index in [0.29, 0.717) is 6.04 Å². The number of fused-ring (bicyclic) bond motifs is 3. The van der Waals surface area contributed by atoms with Gasteiger partial charge in [0.1, 0.15) is 11.3 Å². The largest absolute Gasteiger partial charge is 0.461 e. The smallest absolute Gasteiger partial charge is 0.155 e. The first kappa shape index (κ1) is 19.0. The Morgan fingerprint density at radius 3 is 2.97 bits per heavy atom. The molecule has 0 spiro atoms. The molecule has 1 aliphatic carbocycles. The summed E-state index contributed by atoms with van der Waals surface area (Å²) < 4.78 is 8.19. The second-order valence-electron chi connectivity index (χ2n) is 9.26. The lowest BCUT2D eigenvalue weighted by Gasteiger charge is -2.19. The van der Waals surface area contributed by atoms with Crippen molar-refractivity contribution in [1.82, 2.24) is 24.4 Å². The summed E-state index contributed by atoms with van der Waals surface area (Å²) in [5, 5.41) is 5.74. The summed E-state index contributed by atoms with van der Waals surface area (Å²) in [6.45, 7) is 3.40. The average Bonchev–Trinajstić information content (AvgIpc) is 3.55. The molecule has 6 heteroatoms. The highest BCUT2D eigenvalue weighted by Gasteiger charge is 2.24. The molecule has 0 unspecified atom stereocenters. The van der Waals surface area contributed by atoms with Crippen LogP contribution >= 0.6 is 0 Å². The monoisotopic (exact) mass is 415 g/mol. The molecule has 0 saturated carbocycles. The minimum absolute atomic E-state index is 0.680. The predicted octanol–water partition coefficient (Wildman–Crippen LogP) is 3.81. The molecule has 1 aliphatic heterocycles. The van der Waals surface area contributed by atoms with Crippen LogP contribution in [0.4, 0.5) is 0 Å². The van der Waals surface area contributed by atoms with E-state index in [1.165, 1.54) is 47.3 Å². The number of furan rings is 1. The Morgan fingerprint density at radius 1 is 1.16 bits per heavy atom. The fraction of sp³-hybridized carbons (Fsp3) is 0.440. The molecule has 3 aromatic heterocycles. The molecule has 6 rings (SSSR count). The maximum absolute atomic E-state index is 6.19. The molecule has 1 aromatic carbocycles. The molecule has 6 nitrogen and oxygen atoms in total. The molecule has 1 saturated heterocycles. The van der Waals surface area contributed by atoms with Crippen molar-refractivity contribution >= 4 is 16.6 Å². The fourth-order valence-electron chi connectivity index (χ4n) is 5.30. The van der Waals surface area contributed by atoms with Crippen LogP contribution in [0.5, 0.6) is 0 Å². The van der Waals surface area contributed by atoms with Crippen LogP contribution in [0.25, 0.3) is 27.9 Å². The Hall–Kier alpha value is -2.70. The Labute approximate surface area is 182 Å². The SMILES string of the molecule is CN(C)[C@@H]1CCN(CCc2cc3cc(-c4c5c(nc6ccnn46)CCC5)ccc3o2)C1. The van der Waals surface area contributed by atoms with Crippen molar-refractivity contribution in [3.63, 3.8) is 0 Å². The van der Waals surface area contributed by atoms with Crippen molar-refractivity contribution in [2.45, 2.75) is 38.1 Å². The van der Waals surface area contributed by atoms with Gasteiger partial charge in [0.05, 0.1) is 11.9 Å². The molecule has 160 valence electrons. The van der Waals surface area contributed by atoms with Crippen molar-refractivity contribution in [3.8, 4) is 11.3 Å². The van der Waals surface area contributed by atoms with Crippen LogP contribution in [0.2, 0.25) is 0 Å². The zero-order valence-corrected chi connectivity index (χ0v) is 18.3. The van der Waals surface area contributed by atoms with Gasteiger partial charge in [-0.05, 0) is 70.6 Å². The van der Waals surface area contributed by atoms with Gasteiger partial charge >= 0.3 is 0 Å². The number of rotatable bonds is 5. The van der Waals surface area contributed by atoms with Crippen LogP contribution in [-0.4, -0.2) is 64.2 Å². The number of aromatic nitrogens is 3. The van der Waals surface area contributed by atoms with Crippen molar-refractivity contribution < 1.29 is 4.42 Å². The number of nitrogens with zero attached hydrogens (tertiary/aromatic N) is 5. The van der Waals surface area contributed by atoms with Gasteiger partial charge in [-0.15, -0.1) is 0 Å².